The minimum absolute atomic E-state index is 0.00294. The van der Waals surface area contributed by atoms with Crippen molar-refractivity contribution >= 4 is 5.69 Å². The van der Waals surface area contributed by atoms with Gasteiger partial charge in [0.15, 0.2) is 0 Å². The SMILES string of the molecule is CCOc1ncnc(OC2CCCCC2)c1[N+](=O)[O-]. The highest BCUT2D eigenvalue weighted by molar-refractivity contribution is 5.49. The number of hydrogen-bond donors (Lipinski definition) is 0. The van der Waals surface area contributed by atoms with Crippen LogP contribution >= 0.6 is 0 Å². The maximum atomic E-state index is 11.1. The summed E-state index contributed by atoms with van der Waals surface area (Å²) in [6.07, 6.45) is 6.41. The molecule has 7 heteroatoms. The van der Waals surface area contributed by atoms with Gasteiger partial charge in [0, 0.05) is 0 Å². The van der Waals surface area contributed by atoms with E-state index in [0.29, 0.717) is 6.61 Å². The molecule has 7 nitrogen and oxygen atoms in total. The molecule has 1 aliphatic rings. The quantitative estimate of drug-likeness (QED) is 0.601. The maximum absolute atomic E-state index is 11.1. The Morgan fingerprint density at radius 3 is 2.63 bits per heavy atom. The van der Waals surface area contributed by atoms with Gasteiger partial charge in [-0.2, -0.15) is 9.97 Å². The molecule has 0 saturated heterocycles. The Hall–Kier alpha value is -1.92. The first kappa shape index (κ1) is 13.5. The number of nitrogens with zero attached hydrogens (tertiary/aromatic N) is 3. The van der Waals surface area contributed by atoms with Crippen LogP contribution in [0.15, 0.2) is 6.33 Å². The third-order valence-electron chi connectivity index (χ3n) is 3.05. The van der Waals surface area contributed by atoms with E-state index in [1.165, 1.54) is 12.7 Å². The summed E-state index contributed by atoms with van der Waals surface area (Å²) in [5.41, 5.74) is -0.282. The monoisotopic (exact) mass is 267 g/mol. The van der Waals surface area contributed by atoms with Gasteiger partial charge < -0.3 is 9.47 Å². The number of rotatable bonds is 5. The van der Waals surface area contributed by atoms with Gasteiger partial charge in [-0.15, -0.1) is 0 Å². The molecule has 1 aromatic heterocycles. The standard InChI is InChI=1S/C12H17N3O4/c1-2-18-11-10(15(16)17)12(14-8-13-11)19-9-6-4-3-5-7-9/h8-9H,2-7H2,1H3. The molecule has 2 rings (SSSR count). The highest BCUT2D eigenvalue weighted by Gasteiger charge is 2.28. The lowest BCUT2D eigenvalue weighted by molar-refractivity contribution is -0.387. The zero-order chi connectivity index (χ0) is 13.7. The fraction of sp³-hybridized carbons (Fsp3) is 0.667. The molecule has 0 bridgehead atoms. The van der Waals surface area contributed by atoms with Gasteiger partial charge in [0.1, 0.15) is 12.4 Å². The van der Waals surface area contributed by atoms with E-state index in [0.717, 1.165) is 25.7 Å². The molecule has 1 fully saturated rings. The number of nitro groups is 1. The molecule has 0 spiro atoms. The number of hydrogen-bond acceptors (Lipinski definition) is 6. The minimum Gasteiger partial charge on any atom is -0.473 e. The summed E-state index contributed by atoms with van der Waals surface area (Å²) in [7, 11) is 0. The lowest BCUT2D eigenvalue weighted by Gasteiger charge is -2.22. The lowest BCUT2D eigenvalue weighted by Crippen LogP contribution is -2.21. The summed E-state index contributed by atoms with van der Waals surface area (Å²) in [6.45, 7) is 2.05. The van der Waals surface area contributed by atoms with Crippen molar-refractivity contribution in [3.05, 3.63) is 16.4 Å². The largest absolute Gasteiger partial charge is 0.473 e. The third kappa shape index (κ3) is 3.30. The maximum Gasteiger partial charge on any atom is 0.392 e. The average molecular weight is 267 g/mol. The van der Waals surface area contributed by atoms with Crippen LogP contribution in [0.3, 0.4) is 0 Å². The van der Waals surface area contributed by atoms with Crippen LogP contribution in [0.2, 0.25) is 0 Å². The van der Waals surface area contributed by atoms with Crippen molar-refractivity contribution in [1.29, 1.82) is 0 Å². The topological polar surface area (TPSA) is 87.4 Å². The second-order valence-electron chi connectivity index (χ2n) is 4.40. The van der Waals surface area contributed by atoms with Crippen LogP contribution < -0.4 is 9.47 Å². The summed E-state index contributed by atoms with van der Waals surface area (Å²) in [4.78, 5) is 18.2. The predicted octanol–water partition coefficient (Wildman–Crippen LogP) is 2.50. The van der Waals surface area contributed by atoms with Crippen LogP contribution in [-0.4, -0.2) is 27.6 Å². The second-order valence-corrected chi connectivity index (χ2v) is 4.40. The first-order valence-corrected chi connectivity index (χ1v) is 6.51. The molecule has 1 heterocycles. The summed E-state index contributed by atoms with van der Waals surface area (Å²) < 4.78 is 10.8. The summed E-state index contributed by atoms with van der Waals surface area (Å²) in [6, 6.07) is 0. The van der Waals surface area contributed by atoms with Gasteiger partial charge >= 0.3 is 17.4 Å². The van der Waals surface area contributed by atoms with Crippen molar-refractivity contribution in [3.8, 4) is 11.8 Å². The van der Waals surface area contributed by atoms with Crippen LogP contribution in [-0.2, 0) is 0 Å². The lowest BCUT2D eigenvalue weighted by atomic mass is 9.98. The van der Waals surface area contributed by atoms with E-state index in [2.05, 4.69) is 9.97 Å². The highest BCUT2D eigenvalue weighted by Crippen LogP contribution is 2.34. The molecule has 1 aromatic rings. The van der Waals surface area contributed by atoms with E-state index in [-0.39, 0.29) is 23.6 Å². The Balaban J connectivity index is 2.22. The average Bonchev–Trinajstić information content (AvgIpc) is 2.40. The molecule has 0 unspecified atom stereocenters. The van der Waals surface area contributed by atoms with Gasteiger partial charge in [-0.25, -0.2) is 0 Å². The molecular formula is C12H17N3O4. The van der Waals surface area contributed by atoms with Crippen LogP contribution in [0.4, 0.5) is 5.69 Å². The van der Waals surface area contributed by atoms with E-state index in [9.17, 15) is 10.1 Å². The van der Waals surface area contributed by atoms with Crippen LogP contribution in [0, 0.1) is 10.1 Å². The van der Waals surface area contributed by atoms with Crippen molar-refractivity contribution < 1.29 is 14.4 Å². The van der Waals surface area contributed by atoms with Crippen LogP contribution in [0.1, 0.15) is 39.0 Å². The van der Waals surface area contributed by atoms with Gasteiger partial charge in [0.2, 0.25) is 0 Å². The second kappa shape index (κ2) is 6.31. The van der Waals surface area contributed by atoms with Crippen molar-refractivity contribution in [3.63, 3.8) is 0 Å². The van der Waals surface area contributed by atoms with Crippen LogP contribution in [0.25, 0.3) is 0 Å². The van der Waals surface area contributed by atoms with E-state index < -0.39 is 4.92 Å². The van der Waals surface area contributed by atoms with Gasteiger partial charge in [0.05, 0.1) is 11.5 Å². The molecule has 0 radical (unpaired) electrons. The Bertz CT molecular complexity index is 447. The van der Waals surface area contributed by atoms with Crippen molar-refractivity contribution in [1.82, 2.24) is 9.97 Å². The van der Waals surface area contributed by atoms with E-state index in [1.54, 1.807) is 6.92 Å². The zero-order valence-electron chi connectivity index (χ0n) is 10.9. The highest BCUT2D eigenvalue weighted by atomic mass is 16.6. The van der Waals surface area contributed by atoms with Gasteiger partial charge in [-0.3, -0.25) is 10.1 Å². The van der Waals surface area contributed by atoms with Gasteiger partial charge in [-0.1, -0.05) is 6.42 Å². The fourth-order valence-electron chi connectivity index (χ4n) is 2.17. The zero-order valence-corrected chi connectivity index (χ0v) is 10.9. The Kier molecular flexibility index (Phi) is 4.48. The molecule has 0 aromatic carbocycles. The molecule has 19 heavy (non-hydrogen) atoms. The van der Waals surface area contributed by atoms with E-state index >= 15 is 0 Å². The Labute approximate surface area is 111 Å². The predicted molar refractivity (Wildman–Crippen MR) is 67.4 cm³/mol. The van der Waals surface area contributed by atoms with Crippen LogP contribution in [0.5, 0.6) is 11.8 Å². The van der Waals surface area contributed by atoms with E-state index in [1.807, 2.05) is 0 Å². The molecule has 1 aliphatic carbocycles. The fourth-order valence-corrected chi connectivity index (χ4v) is 2.17. The summed E-state index contributed by atoms with van der Waals surface area (Å²) in [5, 5.41) is 11.1. The molecule has 0 N–H and O–H groups in total. The number of ether oxygens (including phenoxy) is 2. The Morgan fingerprint density at radius 1 is 1.32 bits per heavy atom. The molecule has 104 valence electrons. The molecule has 1 saturated carbocycles. The smallest absolute Gasteiger partial charge is 0.392 e. The molecule has 0 amide bonds. The Morgan fingerprint density at radius 2 is 2.00 bits per heavy atom. The van der Waals surface area contributed by atoms with E-state index in [4.69, 9.17) is 9.47 Å². The van der Waals surface area contributed by atoms with Crippen molar-refractivity contribution in [2.75, 3.05) is 6.61 Å². The molecular weight excluding hydrogens is 250 g/mol. The van der Waals surface area contributed by atoms with Crippen molar-refractivity contribution in [2.24, 2.45) is 0 Å². The van der Waals surface area contributed by atoms with Gasteiger partial charge in [0.25, 0.3) is 0 Å². The number of aromatic nitrogens is 2. The normalized spacial score (nSPS) is 16.1. The first-order chi connectivity index (χ1) is 9.22. The molecule has 0 atom stereocenters. The van der Waals surface area contributed by atoms with Gasteiger partial charge in [-0.05, 0) is 32.6 Å². The summed E-state index contributed by atoms with van der Waals surface area (Å²) >= 11 is 0. The minimum atomic E-state index is -0.552. The molecule has 0 aliphatic heterocycles. The van der Waals surface area contributed by atoms with Crippen molar-refractivity contribution in [2.45, 2.75) is 45.1 Å². The first-order valence-electron chi connectivity index (χ1n) is 6.51. The summed E-state index contributed by atoms with van der Waals surface area (Å²) in [5.74, 6) is -0.0244. The third-order valence-corrected chi connectivity index (χ3v) is 3.05.